The molecule has 1 fully saturated rings. The molecule has 232 valence electrons. The lowest BCUT2D eigenvalue weighted by atomic mass is 9.97. The molecule has 42 heavy (non-hydrogen) atoms. The summed E-state index contributed by atoms with van der Waals surface area (Å²) in [6, 6.07) is 7.88. The summed E-state index contributed by atoms with van der Waals surface area (Å²) in [6.07, 6.45) is -5.94. The van der Waals surface area contributed by atoms with Crippen molar-refractivity contribution in [3.8, 4) is 5.75 Å². The average Bonchev–Trinajstić information content (AvgIpc) is 3.68. The van der Waals surface area contributed by atoms with Crippen LogP contribution in [0.5, 0.6) is 5.75 Å². The molecule has 2 N–H and O–H groups in total. The Balaban J connectivity index is 1.65. The monoisotopic (exact) mass is 637 g/mol. The minimum absolute atomic E-state index is 0.0484. The number of sulfonamides is 2. The number of nitrogens with one attached hydrogen (secondary N) is 2. The molecule has 2 aromatic carbocycles. The molecule has 16 heteroatoms. The number of halogens is 4. The molecular formula is C26H31F4N3O7S2. The quantitative estimate of drug-likeness (QED) is 0.373. The Hall–Kier alpha value is -3.11. The molecule has 1 heterocycles. The molecule has 0 bridgehead atoms. The van der Waals surface area contributed by atoms with Gasteiger partial charge in [0.1, 0.15) is 17.7 Å². The van der Waals surface area contributed by atoms with E-state index in [0.717, 1.165) is 28.6 Å². The molecule has 1 atom stereocenters. The molecule has 0 spiro atoms. The number of nitrogens with zero attached hydrogens (tertiary/aromatic N) is 1. The van der Waals surface area contributed by atoms with Gasteiger partial charge in [0.25, 0.3) is 10.0 Å². The van der Waals surface area contributed by atoms with E-state index in [1.54, 1.807) is 13.8 Å². The van der Waals surface area contributed by atoms with Gasteiger partial charge in [-0.3, -0.25) is 9.62 Å². The van der Waals surface area contributed by atoms with Crippen LogP contribution in [0.4, 0.5) is 33.7 Å². The second-order valence-electron chi connectivity index (χ2n) is 11.4. The maximum atomic E-state index is 13.7. The number of fused-ring (bicyclic) bond motifs is 1. The van der Waals surface area contributed by atoms with E-state index in [1.165, 1.54) is 18.2 Å². The Morgan fingerprint density at radius 1 is 1.02 bits per heavy atom. The summed E-state index contributed by atoms with van der Waals surface area (Å²) in [5.41, 5.74) is -3.96. The van der Waals surface area contributed by atoms with E-state index in [4.69, 9.17) is 4.74 Å². The largest absolute Gasteiger partial charge is 0.486 e. The van der Waals surface area contributed by atoms with Crippen LogP contribution >= 0.6 is 0 Å². The van der Waals surface area contributed by atoms with Crippen LogP contribution in [-0.2, 0) is 24.8 Å². The van der Waals surface area contributed by atoms with E-state index in [1.807, 2.05) is 0 Å². The van der Waals surface area contributed by atoms with Gasteiger partial charge in [-0.05, 0) is 83.0 Å². The lowest BCUT2D eigenvalue weighted by molar-refractivity contribution is -0.242. The summed E-state index contributed by atoms with van der Waals surface area (Å²) in [4.78, 5) is 12.0. The number of carbonyl (C=O) groups excluding carboxylic acids is 1. The van der Waals surface area contributed by atoms with E-state index in [-0.39, 0.29) is 35.0 Å². The number of rotatable bonds is 9. The molecule has 0 saturated heterocycles. The van der Waals surface area contributed by atoms with Gasteiger partial charge in [-0.15, -0.1) is 0 Å². The first-order valence-electron chi connectivity index (χ1n) is 12.9. The molecule has 1 amide bonds. The van der Waals surface area contributed by atoms with Crippen molar-refractivity contribution in [2.24, 2.45) is 0 Å². The zero-order chi connectivity index (χ0) is 31.3. The molecule has 0 radical (unpaired) electrons. The Kier molecular flexibility index (Phi) is 8.23. The van der Waals surface area contributed by atoms with Crippen molar-refractivity contribution in [2.45, 2.75) is 80.5 Å². The second-order valence-corrected chi connectivity index (χ2v) is 15.2. The zero-order valence-electron chi connectivity index (χ0n) is 23.2. The molecule has 4 rings (SSSR count). The highest BCUT2D eigenvalue weighted by Crippen LogP contribution is 2.41. The first kappa shape index (κ1) is 31.8. The van der Waals surface area contributed by atoms with Crippen molar-refractivity contribution < 1.29 is 48.7 Å². The molecule has 1 aliphatic heterocycles. The third kappa shape index (κ3) is 7.09. The smallest absolute Gasteiger partial charge is 0.427 e. The zero-order valence-corrected chi connectivity index (χ0v) is 24.8. The molecule has 0 aromatic heterocycles. The van der Waals surface area contributed by atoms with Crippen molar-refractivity contribution in [1.29, 1.82) is 0 Å². The van der Waals surface area contributed by atoms with Gasteiger partial charge < -0.3 is 9.47 Å². The van der Waals surface area contributed by atoms with Gasteiger partial charge in [0.2, 0.25) is 15.6 Å². The molecule has 10 nitrogen and oxygen atoms in total. The fraction of sp³-hybridized carbons (Fsp3) is 0.500. The number of carbonyl (C=O) groups is 1. The molecular weight excluding hydrogens is 606 g/mol. The van der Waals surface area contributed by atoms with Gasteiger partial charge in [0.15, 0.2) is 0 Å². The first-order chi connectivity index (χ1) is 19.2. The standard InChI is InChI=1S/C26H31F4N3O7S2/c1-24(2,32-41(35,36)19-10-11-19)14-18-15-33(42(37,38)20-8-5-16(27)6-9-20)21-13-17(7-12-22(21)39-18)31-23(34)40-25(3,4)26(28,29)30/h5-9,12-13,18-19,32H,10-11,14-15H2,1-4H3,(H,31,34)/t18-/m0/s1. The molecule has 2 aromatic rings. The third-order valence-electron chi connectivity index (χ3n) is 6.69. The summed E-state index contributed by atoms with van der Waals surface area (Å²) in [5, 5.41) is 1.69. The predicted octanol–water partition coefficient (Wildman–Crippen LogP) is 4.92. The second kappa shape index (κ2) is 10.9. The summed E-state index contributed by atoms with van der Waals surface area (Å²) >= 11 is 0. The van der Waals surface area contributed by atoms with Crippen LogP contribution in [0.3, 0.4) is 0 Å². The maximum Gasteiger partial charge on any atom is 0.427 e. The van der Waals surface area contributed by atoms with E-state index < -0.39 is 60.6 Å². The van der Waals surface area contributed by atoms with Gasteiger partial charge in [-0.25, -0.2) is 30.7 Å². The van der Waals surface area contributed by atoms with Crippen LogP contribution in [0.1, 0.15) is 47.0 Å². The third-order valence-corrected chi connectivity index (χ3v) is 10.7. The fourth-order valence-electron chi connectivity index (χ4n) is 4.35. The van der Waals surface area contributed by atoms with Crippen LogP contribution in [0.15, 0.2) is 47.4 Å². The number of ether oxygens (including phenoxy) is 2. The van der Waals surface area contributed by atoms with E-state index in [9.17, 15) is 39.2 Å². The van der Waals surface area contributed by atoms with Gasteiger partial charge in [0.05, 0.1) is 22.4 Å². The summed E-state index contributed by atoms with van der Waals surface area (Å²) in [7, 11) is -7.94. The van der Waals surface area contributed by atoms with Crippen LogP contribution in [-0.4, -0.2) is 58.1 Å². The Bertz CT molecular complexity index is 1560. The Labute approximate surface area is 241 Å². The maximum absolute atomic E-state index is 13.7. The Morgan fingerprint density at radius 2 is 1.64 bits per heavy atom. The number of anilines is 2. The first-order valence-corrected chi connectivity index (χ1v) is 15.9. The number of amides is 1. The molecule has 1 saturated carbocycles. The van der Waals surface area contributed by atoms with E-state index in [2.05, 4.69) is 14.8 Å². The minimum Gasteiger partial charge on any atom is -0.486 e. The van der Waals surface area contributed by atoms with Crippen molar-refractivity contribution in [3.63, 3.8) is 0 Å². The van der Waals surface area contributed by atoms with Crippen LogP contribution < -0.4 is 19.1 Å². The predicted molar refractivity (Wildman–Crippen MR) is 146 cm³/mol. The lowest BCUT2D eigenvalue weighted by Crippen LogP contribution is -2.51. The van der Waals surface area contributed by atoms with Crippen molar-refractivity contribution in [1.82, 2.24) is 4.72 Å². The fourth-order valence-corrected chi connectivity index (χ4v) is 7.62. The molecule has 2 aliphatic rings. The van der Waals surface area contributed by atoms with Gasteiger partial charge in [-0.1, -0.05) is 0 Å². The number of alkyl halides is 3. The van der Waals surface area contributed by atoms with Gasteiger partial charge in [0, 0.05) is 17.6 Å². The summed E-state index contributed by atoms with van der Waals surface area (Å²) < 4.78 is 120. The van der Waals surface area contributed by atoms with Crippen molar-refractivity contribution >= 4 is 37.5 Å². The molecule has 1 aliphatic carbocycles. The highest BCUT2D eigenvalue weighted by molar-refractivity contribution is 7.92. The van der Waals surface area contributed by atoms with Crippen molar-refractivity contribution in [3.05, 3.63) is 48.3 Å². The highest BCUT2D eigenvalue weighted by Gasteiger charge is 2.51. The van der Waals surface area contributed by atoms with E-state index in [0.29, 0.717) is 26.7 Å². The summed E-state index contributed by atoms with van der Waals surface area (Å²) in [5.74, 6) is -0.613. The molecule has 0 unspecified atom stereocenters. The number of benzene rings is 2. The van der Waals surface area contributed by atoms with Crippen LogP contribution in [0, 0.1) is 5.82 Å². The average molecular weight is 638 g/mol. The van der Waals surface area contributed by atoms with Crippen molar-refractivity contribution in [2.75, 3.05) is 16.2 Å². The SMILES string of the molecule is CC(C)(C[C@H]1CN(S(=O)(=O)c2ccc(F)cc2)c2cc(NC(=O)OC(C)(C)C(F)(F)F)ccc2O1)NS(=O)(=O)C1CC1. The summed E-state index contributed by atoms with van der Waals surface area (Å²) in [6.45, 7) is 4.35. The Morgan fingerprint density at radius 3 is 2.21 bits per heavy atom. The highest BCUT2D eigenvalue weighted by atomic mass is 32.2. The van der Waals surface area contributed by atoms with Crippen LogP contribution in [0.25, 0.3) is 0 Å². The topological polar surface area (TPSA) is 131 Å². The van der Waals surface area contributed by atoms with Crippen LogP contribution in [0.2, 0.25) is 0 Å². The lowest BCUT2D eigenvalue weighted by Gasteiger charge is -2.39. The van der Waals surface area contributed by atoms with Gasteiger partial charge in [-0.2, -0.15) is 13.2 Å². The normalized spacial score (nSPS) is 18.2. The van der Waals surface area contributed by atoms with Gasteiger partial charge >= 0.3 is 12.3 Å². The van der Waals surface area contributed by atoms with E-state index >= 15 is 0 Å². The number of hydrogen-bond donors (Lipinski definition) is 2. The minimum atomic E-state index is -4.84. The number of hydrogen-bond acceptors (Lipinski definition) is 7.